The predicted molar refractivity (Wildman–Crippen MR) is 83.8 cm³/mol. The fourth-order valence-corrected chi connectivity index (χ4v) is 3.35. The Morgan fingerprint density at radius 2 is 2.11 bits per heavy atom. The average Bonchev–Trinajstić information content (AvgIpc) is 3.17. The molecule has 16 nitrogen and oxygen atoms in total. The minimum absolute atomic E-state index is 0.0247. The summed E-state index contributed by atoms with van der Waals surface area (Å²) in [5, 5.41) is 10.8. The van der Waals surface area contributed by atoms with Crippen molar-refractivity contribution in [3.8, 4) is 0 Å². The van der Waals surface area contributed by atoms with E-state index in [4.69, 9.17) is 15.1 Å². The van der Waals surface area contributed by atoms with Crippen molar-refractivity contribution in [3.05, 3.63) is 5.82 Å². The lowest BCUT2D eigenvalue weighted by Gasteiger charge is -2.28. The average molecular weight is 420 g/mol. The van der Waals surface area contributed by atoms with Crippen LogP contribution in [0.2, 0.25) is 0 Å². The van der Waals surface area contributed by atoms with E-state index in [2.05, 4.69) is 25.3 Å². The third-order valence-electron chi connectivity index (χ3n) is 4.13. The Bertz CT molecular complexity index is 887. The Hall–Kier alpha value is -2.89. The highest BCUT2D eigenvalue weighted by molar-refractivity contribution is 7.80. The third-order valence-corrected chi connectivity index (χ3v) is 4.48. The number of amides is 4. The maximum atomic E-state index is 12.3. The van der Waals surface area contributed by atoms with Gasteiger partial charge in [0.2, 0.25) is 5.82 Å². The molecule has 4 amide bonds. The van der Waals surface area contributed by atoms with Crippen molar-refractivity contribution in [2.24, 2.45) is 5.73 Å². The van der Waals surface area contributed by atoms with Crippen molar-refractivity contribution in [1.29, 1.82) is 0 Å². The van der Waals surface area contributed by atoms with Gasteiger partial charge in [0.15, 0.2) is 0 Å². The van der Waals surface area contributed by atoms with Gasteiger partial charge in [-0.3, -0.25) is 19.0 Å². The number of piperidine rings is 1. The fraction of sp³-hybridized carbons (Fsp3) is 0.636. The number of hydroxylamine groups is 3. The molecule has 4 N–H and O–H groups in total. The van der Waals surface area contributed by atoms with E-state index in [0.29, 0.717) is 5.06 Å². The van der Waals surface area contributed by atoms with Gasteiger partial charge in [-0.1, -0.05) is 0 Å². The summed E-state index contributed by atoms with van der Waals surface area (Å²) in [6.45, 7) is -0.0195. The largest absolute Gasteiger partial charge is 0.418 e. The van der Waals surface area contributed by atoms with Gasteiger partial charge in [0, 0.05) is 6.54 Å². The van der Waals surface area contributed by atoms with Gasteiger partial charge in [0.25, 0.3) is 11.8 Å². The Morgan fingerprint density at radius 3 is 2.79 bits per heavy atom. The number of nitrogens with two attached hydrogens (primary N) is 1. The van der Waals surface area contributed by atoms with Gasteiger partial charge < -0.3 is 10.6 Å². The topological polar surface area (TPSA) is 212 Å². The number of carbonyl (C=O) groups is 3. The molecule has 2 atom stereocenters. The smallest absolute Gasteiger partial charge is 0.363 e. The zero-order chi connectivity index (χ0) is 20.5. The summed E-state index contributed by atoms with van der Waals surface area (Å²) in [4.78, 5) is 41.7. The first-order valence-corrected chi connectivity index (χ1v) is 9.28. The molecule has 2 aliphatic rings. The molecule has 0 aromatic carbocycles. The van der Waals surface area contributed by atoms with Crippen molar-refractivity contribution in [2.45, 2.75) is 31.5 Å². The summed E-state index contributed by atoms with van der Waals surface area (Å²) < 4.78 is 35.8. The highest BCUT2D eigenvalue weighted by atomic mass is 32.3. The maximum absolute atomic E-state index is 12.3. The Labute approximate surface area is 157 Å². The number of nitrogens with zero attached hydrogens (tertiary/aromatic N) is 6. The molecule has 2 unspecified atom stereocenters. The first-order valence-electron chi connectivity index (χ1n) is 7.92. The fourth-order valence-electron chi connectivity index (χ4n) is 2.96. The van der Waals surface area contributed by atoms with E-state index in [9.17, 15) is 22.8 Å². The summed E-state index contributed by atoms with van der Waals surface area (Å²) in [7, 11) is -4.86. The van der Waals surface area contributed by atoms with E-state index >= 15 is 0 Å². The van der Waals surface area contributed by atoms with Crippen molar-refractivity contribution in [2.75, 3.05) is 13.2 Å². The molecule has 0 spiro atoms. The molecule has 28 heavy (non-hydrogen) atoms. The van der Waals surface area contributed by atoms with Crippen LogP contribution in [0.15, 0.2) is 0 Å². The number of hydrogen-bond acceptors (Lipinski definition) is 10. The SMILES string of the molecule is NC(=O)c1nnnn1CCONC(=O)C1CCC2CN1C(=O)N2OS(=O)(=O)O. The van der Waals surface area contributed by atoms with Crippen molar-refractivity contribution < 1.29 is 36.5 Å². The van der Waals surface area contributed by atoms with Gasteiger partial charge in [-0.2, -0.15) is 13.5 Å². The van der Waals surface area contributed by atoms with E-state index in [-0.39, 0.29) is 38.4 Å². The van der Waals surface area contributed by atoms with E-state index in [0.717, 1.165) is 9.58 Å². The number of tetrazole rings is 1. The minimum atomic E-state index is -4.86. The van der Waals surface area contributed by atoms with Crippen molar-refractivity contribution in [3.63, 3.8) is 0 Å². The predicted octanol–water partition coefficient (Wildman–Crippen LogP) is -3.18. The number of rotatable bonds is 8. The van der Waals surface area contributed by atoms with E-state index < -0.39 is 40.3 Å². The van der Waals surface area contributed by atoms with Crippen LogP contribution in [0.4, 0.5) is 4.79 Å². The zero-order valence-corrected chi connectivity index (χ0v) is 15.0. The van der Waals surface area contributed by atoms with Crippen LogP contribution in [0.5, 0.6) is 0 Å². The third kappa shape index (κ3) is 4.16. The summed E-state index contributed by atoms with van der Waals surface area (Å²) in [6, 6.07) is -2.38. The van der Waals surface area contributed by atoms with Gasteiger partial charge in [-0.05, 0) is 23.3 Å². The van der Waals surface area contributed by atoms with Crippen LogP contribution in [0, 0.1) is 0 Å². The molecule has 3 rings (SSSR count). The molecule has 2 aliphatic heterocycles. The molecule has 1 aromatic rings. The lowest BCUT2D eigenvalue weighted by atomic mass is 10.0. The summed E-state index contributed by atoms with van der Waals surface area (Å²) in [5.74, 6) is -1.63. The van der Waals surface area contributed by atoms with Gasteiger partial charge in [0.05, 0.1) is 19.2 Å². The van der Waals surface area contributed by atoms with Gasteiger partial charge >= 0.3 is 16.4 Å². The van der Waals surface area contributed by atoms with E-state index in [1.165, 1.54) is 0 Å². The van der Waals surface area contributed by atoms with Gasteiger partial charge in [0.1, 0.15) is 6.04 Å². The number of hydrogen-bond donors (Lipinski definition) is 3. The monoisotopic (exact) mass is 420 g/mol. The first kappa shape index (κ1) is 19.9. The van der Waals surface area contributed by atoms with Gasteiger partial charge in [-0.25, -0.2) is 15.0 Å². The normalized spacial score (nSPS) is 21.8. The number of nitrogens with one attached hydrogen (secondary N) is 1. The second-order valence-corrected chi connectivity index (χ2v) is 6.92. The molecular weight excluding hydrogens is 404 g/mol. The zero-order valence-electron chi connectivity index (χ0n) is 14.2. The Balaban J connectivity index is 1.51. The van der Waals surface area contributed by atoms with Crippen LogP contribution >= 0.6 is 0 Å². The number of fused-ring (bicyclic) bond motifs is 2. The molecule has 0 aliphatic carbocycles. The molecule has 2 saturated heterocycles. The lowest BCUT2D eigenvalue weighted by molar-refractivity contribution is -0.139. The van der Waals surface area contributed by atoms with E-state index in [1.807, 2.05) is 0 Å². The quantitative estimate of drug-likeness (QED) is 0.217. The number of urea groups is 1. The summed E-state index contributed by atoms with van der Waals surface area (Å²) in [5.41, 5.74) is 7.26. The van der Waals surface area contributed by atoms with Crippen LogP contribution in [0.1, 0.15) is 23.5 Å². The molecule has 1 aromatic heterocycles. The van der Waals surface area contributed by atoms with Crippen molar-refractivity contribution in [1.82, 2.24) is 35.7 Å². The molecule has 2 bridgehead atoms. The first-order chi connectivity index (χ1) is 13.2. The second-order valence-electron chi connectivity index (χ2n) is 5.91. The summed E-state index contributed by atoms with van der Waals surface area (Å²) in [6.07, 6.45) is 0.512. The van der Waals surface area contributed by atoms with Crippen LogP contribution < -0.4 is 11.2 Å². The number of carbonyl (C=O) groups excluding carboxylic acids is 3. The minimum Gasteiger partial charge on any atom is -0.363 e. The highest BCUT2D eigenvalue weighted by Crippen LogP contribution is 2.30. The molecule has 17 heteroatoms. The Kier molecular flexibility index (Phi) is 5.40. The van der Waals surface area contributed by atoms with E-state index in [1.54, 1.807) is 0 Å². The van der Waals surface area contributed by atoms with Crippen LogP contribution in [-0.2, 0) is 30.9 Å². The van der Waals surface area contributed by atoms with Crippen LogP contribution in [0.3, 0.4) is 0 Å². The molecule has 2 fully saturated rings. The van der Waals surface area contributed by atoms with Gasteiger partial charge in [-0.15, -0.1) is 9.38 Å². The molecule has 0 radical (unpaired) electrons. The molecule has 3 heterocycles. The molecule has 0 saturated carbocycles. The highest BCUT2D eigenvalue weighted by Gasteiger charge is 2.49. The number of aromatic nitrogens is 4. The Morgan fingerprint density at radius 1 is 1.36 bits per heavy atom. The number of primary amides is 1. The standard InChI is InChI=1S/C11H16N8O8S/c12-8(20)9-13-15-16-18(9)3-4-26-14-10(21)7-2-1-6-5-17(7)11(22)19(6)27-28(23,24)25/h6-7H,1-5H2,(H2,12,20)(H,14,21)(H,23,24,25). The molecule has 154 valence electrons. The lowest BCUT2D eigenvalue weighted by Crippen LogP contribution is -2.49. The van der Waals surface area contributed by atoms with Crippen LogP contribution in [-0.4, -0.2) is 86.2 Å². The molecular formula is C11H16N8O8S. The summed E-state index contributed by atoms with van der Waals surface area (Å²) >= 11 is 0. The maximum Gasteiger partial charge on any atom is 0.418 e. The van der Waals surface area contributed by atoms with Crippen LogP contribution in [0.25, 0.3) is 0 Å². The second kappa shape index (κ2) is 7.62. The van der Waals surface area contributed by atoms with Crippen molar-refractivity contribution >= 4 is 28.2 Å².